The molecule has 0 amide bonds. The van der Waals surface area contributed by atoms with Crippen molar-refractivity contribution in [1.29, 1.82) is 0 Å². The number of hydrogen-bond donors (Lipinski definition) is 2. The standard InChI is InChI=1S/C6H11ClOS2/c1-2-3-4-6(9,10)5(7)8/h9-10H,2-4H2,1H3. The van der Waals surface area contributed by atoms with Crippen LogP contribution in [0.1, 0.15) is 26.2 Å². The van der Waals surface area contributed by atoms with Gasteiger partial charge in [0, 0.05) is 0 Å². The molecule has 0 rings (SSSR count). The minimum Gasteiger partial charge on any atom is -0.279 e. The fourth-order valence-corrected chi connectivity index (χ4v) is 0.932. The molecule has 0 aromatic rings. The van der Waals surface area contributed by atoms with Gasteiger partial charge in [-0.1, -0.05) is 19.8 Å². The first-order valence-electron chi connectivity index (χ1n) is 3.15. The zero-order valence-corrected chi connectivity index (χ0v) is 8.35. The van der Waals surface area contributed by atoms with E-state index in [9.17, 15) is 4.79 Å². The fourth-order valence-electron chi connectivity index (χ4n) is 0.522. The molecular formula is C6H11ClOS2. The second-order valence-corrected chi connectivity index (χ2v) is 4.42. The Morgan fingerprint density at radius 2 is 2.10 bits per heavy atom. The topological polar surface area (TPSA) is 17.1 Å². The van der Waals surface area contributed by atoms with Gasteiger partial charge in [-0.15, -0.1) is 0 Å². The summed E-state index contributed by atoms with van der Waals surface area (Å²) in [6.07, 6.45) is 2.57. The third-order valence-corrected chi connectivity index (χ3v) is 2.63. The number of carbonyl (C=O) groups excluding carboxylic acids is 1. The predicted molar refractivity (Wildman–Crippen MR) is 51.1 cm³/mol. The first kappa shape index (κ1) is 10.7. The normalized spacial score (nSPS) is 11.6. The molecule has 0 saturated carbocycles. The van der Waals surface area contributed by atoms with E-state index in [4.69, 9.17) is 11.6 Å². The van der Waals surface area contributed by atoms with Crippen molar-refractivity contribution >= 4 is 42.1 Å². The predicted octanol–water partition coefficient (Wildman–Crippen LogP) is 2.50. The van der Waals surface area contributed by atoms with Crippen LogP contribution in [0.15, 0.2) is 0 Å². The molecule has 0 aliphatic rings. The van der Waals surface area contributed by atoms with Gasteiger partial charge >= 0.3 is 0 Å². The van der Waals surface area contributed by atoms with Crippen LogP contribution in [0.3, 0.4) is 0 Å². The highest BCUT2D eigenvalue weighted by atomic mass is 35.5. The summed E-state index contributed by atoms with van der Waals surface area (Å²) in [6.45, 7) is 2.04. The third kappa shape index (κ3) is 3.74. The number of unbranched alkanes of at least 4 members (excludes halogenated alkanes) is 1. The largest absolute Gasteiger partial charge is 0.279 e. The molecule has 0 aliphatic heterocycles. The molecule has 0 spiro atoms. The molecule has 0 fully saturated rings. The van der Waals surface area contributed by atoms with Gasteiger partial charge in [0.15, 0.2) is 0 Å². The van der Waals surface area contributed by atoms with Gasteiger partial charge in [-0.25, -0.2) is 0 Å². The van der Waals surface area contributed by atoms with Crippen molar-refractivity contribution in [3.63, 3.8) is 0 Å². The van der Waals surface area contributed by atoms with Crippen LogP contribution in [0.2, 0.25) is 0 Å². The molecule has 0 aromatic heterocycles. The highest BCUT2D eigenvalue weighted by Gasteiger charge is 2.27. The molecule has 0 N–H and O–H groups in total. The zero-order valence-electron chi connectivity index (χ0n) is 5.80. The van der Waals surface area contributed by atoms with Crippen molar-refractivity contribution < 1.29 is 4.79 Å². The minimum atomic E-state index is -0.933. The Balaban J connectivity index is 3.75. The minimum absolute atomic E-state index is 0.493. The van der Waals surface area contributed by atoms with Gasteiger partial charge < -0.3 is 0 Å². The van der Waals surface area contributed by atoms with Crippen LogP contribution in [0, 0.1) is 0 Å². The zero-order chi connectivity index (χ0) is 8.20. The van der Waals surface area contributed by atoms with Crippen molar-refractivity contribution in [2.75, 3.05) is 0 Å². The van der Waals surface area contributed by atoms with Gasteiger partial charge in [0.05, 0.1) is 0 Å². The van der Waals surface area contributed by atoms with Crippen LogP contribution in [-0.4, -0.2) is 9.32 Å². The van der Waals surface area contributed by atoms with E-state index in [1.54, 1.807) is 0 Å². The van der Waals surface area contributed by atoms with Crippen LogP contribution in [0.25, 0.3) is 0 Å². The summed E-state index contributed by atoms with van der Waals surface area (Å²) in [4.78, 5) is 10.6. The Kier molecular flexibility index (Phi) is 4.82. The van der Waals surface area contributed by atoms with Crippen LogP contribution in [-0.2, 0) is 4.79 Å². The number of rotatable bonds is 4. The molecule has 60 valence electrons. The molecule has 0 saturated heterocycles. The van der Waals surface area contributed by atoms with Crippen LogP contribution < -0.4 is 0 Å². The van der Waals surface area contributed by atoms with Gasteiger partial charge in [-0.05, 0) is 18.0 Å². The lowest BCUT2D eigenvalue weighted by molar-refractivity contribution is -0.112. The first-order valence-corrected chi connectivity index (χ1v) is 4.42. The SMILES string of the molecule is CCCCC(S)(S)C(=O)Cl. The molecule has 0 aromatic carbocycles. The van der Waals surface area contributed by atoms with Crippen molar-refractivity contribution in [2.45, 2.75) is 30.3 Å². The van der Waals surface area contributed by atoms with Crippen molar-refractivity contribution in [1.82, 2.24) is 0 Å². The third-order valence-electron chi connectivity index (χ3n) is 1.19. The van der Waals surface area contributed by atoms with Gasteiger partial charge in [0.2, 0.25) is 5.24 Å². The average molecular weight is 199 g/mol. The Morgan fingerprint density at radius 1 is 1.60 bits per heavy atom. The van der Waals surface area contributed by atoms with E-state index in [1.807, 2.05) is 6.92 Å². The summed E-state index contributed by atoms with van der Waals surface area (Å²) < 4.78 is -0.933. The maximum atomic E-state index is 10.6. The summed E-state index contributed by atoms with van der Waals surface area (Å²) in [6, 6.07) is 0. The molecule has 0 unspecified atom stereocenters. The Bertz CT molecular complexity index is 125. The molecule has 10 heavy (non-hydrogen) atoms. The summed E-state index contributed by atoms with van der Waals surface area (Å²) in [5, 5.41) is -0.493. The summed E-state index contributed by atoms with van der Waals surface area (Å²) in [7, 11) is 0. The Morgan fingerprint density at radius 3 is 2.40 bits per heavy atom. The van der Waals surface area contributed by atoms with E-state index in [2.05, 4.69) is 25.3 Å². The molecule has 0 bridgehead atoms. The number of hydrogen-bond acceptors (Lipinski definition) is 3. The monoisotopic (exact) mass is 198 g/mol. The van der Waals surface area contributed by atoms with Crippen molar-refractivity contribution in [3.8, 4) is 0 Å². The lowest BCUT2D eigenvalue weighted by Crippen LogP contribution is -2.21. The molecular weight excluding hydrogens is 188 g/mol. The van der Waals surface area contributed by atoms with E-state index in [1.165, 1.54) is 0 Å². The summed E-state index contributed by atoms with van der Waals surface area (Å²) in [5.41, 5.74) is 0. The molecule has 0 heterocycles. The molecule has 0 radical (unpaired) electrons. The molecule has 4 heteroatoms. The quantitative estimate of drug-likeness (QED) is 0.403. The molecule has 1 nitrogen and oxygen atoms in total. The van der Waals surface area contributed by atoms with Crippen molar-refractivity contribution in [2.24, 2.45) is 0 Å². The van der Waals surface area contributed by atoms with E-state index in [0.29, 0.717) is 6.42 Å². The van der Waals surface area contributed by atoms with Crippen LogP contribution in [0.5, 0.6) is 0 Å². The van der Waals surface area contributed by atoms with Gasteiger partial charge in [-0.2, -0.15) is 25.3 Å². The maximum absolute atomic E-state index is 10.6. The maximum Gasteiger partial charge on any atom is 0.247 e. The highest BCUT2D eigenvalue weighted by molar-refractivity contribution is 8.02. The van der Waals surface area contributed by atoms with Gasteiger partial charge in [0.1, 0.15) is 4.08 Å². The van der Waals surface area contributed by atoms with Gasteiger partial charge in [-0.3, -0.25) is 4.79 Å². The van der Waals surface area contributed by atoms with Crippen LogP contribution in [0.4, 0.5) is 0 Å². The van der Waals surface area contributed by atoms with E-state index >= 15 is 0 Å². The lowest BCUT2D eigenvalue weighted by Gasteiger charge is -2.15. The van der Waals surface area contributed by atoms with Crippen molar-refractivity contribution in [3.05, 3.63) is 0 Å². The van der Waals surface area contributed by atoms with Crippen LogP contribution >= 0.6 is 36.9 Å². The van der Waals surface area contributed by atoms with E-state index in [-0.39, 0.29) is 0 Å². The van der Waals surface area contributed by atoms with Gasteiger partial charge in [0.25, 0.3) is 0 Å². The molecule has 0 aliphatic carbocycles. The summed E-state index contributed by atoms with van der Waals surface area (Å²) in [5.74, 6) is 0. The number of carbonyl (C=O) groups is 1. The fraction of sp³-hybridized carbons (Fsp3) is 0.833. The molecule has 0 atom stereocenters. The number of halogens is 1. The lowest BCUT2D eigenvalue weighted by atomic mass is 10.2. The second-order valence-electron chi connectivity index (χ2n) is 2.19. The number of thiol groups is 2. The highest BCUT2D eigenvalue weighted by Crippen LogP contribution is 2.28. The Labute approximate surface area is 77.3 Å². The second kappa shape index (κ2) is 4.52. The van der Waals surface area contributed by atoms with E-state index < -0.39 is 9.32 Å². The smallest absolute Gasteiger partial charge is 0.247 e. The first-order chi connectivity index (χ1) is 4.50. The Hall–Kier alpha value is 0.660. The van der Waals surface area contributed by atoms with E-state index in [0.717, 1.165) is 12.8 Å². The summed E-state index contributed by atoms with van der Waals surface area (Å²) >= 11 is 13.2. The average Bonchev–Trinajstić information content (AvgIpc) is 1.84.